The quantitative estimate of drug-likeness (QED) is 0.856. The molecule has 0 amide bonds. The maximum absolute atomic E-state index is 7.85. The van der Waals surface area contributed by atoms with Gasteiger partial charge in [0.15, 0.2) is 5.17 Å². The highest BCUT2D eigenvalue weighted by Gasteiger charge is 2.28. The van der Waals surface area contributed by atoms with Crippen LogP contribution in [0.5, 0.6) is 0 Å². The van der Waals surface area contributed by atoms with E-state index >= 15 is 0 Å². The number of hydrogen-bond donors (Lipinski definition) is 1. The van der Waals surface area contributed by atoms with Gasteiger partial charge in [0.25, 0.3) is 0 Å². The van der Waals surface area contributed by atoms with Crippen LogP contribution in [0, 0.1) is 5.41 Å². The van der Waals surface area contributed by atoms with Gasteiger partial charge >= 0.3 is 0 Å². The molecular formula is C11H12Cl2N2S. The first-order chi connectivity index (χ1) is 7.72. The zero-order valence-electron chi connectivity index (χ0n) is 8.62. The molecule has 1 heterocycles. The van der Waals surface area contributed by atoms with Crippen LogP contribution in [0.15, 0.2) is 24.3 Å². The molecule has 0 saturated carbocycles. The third-order valence-electron chi connectivity index (χ3n) is 2.59. The fourth-order valence-corrected chi connectivity index (χ4v) is 3.28. The molecule has 86 valence electrons. The van der Waals surface area contributed by atoms with Gasteiger partial charge in [-0.2, -0.15) is 0 Å². The lowest BCUT2D eigenvalue weighted by molar-refractivity contribution is 0.365. The van der Waals surface area contributed by atoms with E-state index in [2.05, 4.69) is 0 Å². The minimum Gasteiger partial charge on any atom is -0.342 e. The number of halogens is 2. The Bertz CT molecular complexity index is 397. The van der Waals surface area contributed by atoms with E-state index in [1.54, 1.807) is 11.8 Å². The van der Waals surface area contributed by atoms with Crippen LogP contribution in [0.25, 0.3) is 0 Å². The highest BCUT2D eigenvalue weighted by Crippen LogP contribution is 2.27. The summed E-state index contributed by atoms with van der Waals surface area (Å²) in [5.41, 5.74) is 1.05. The van der Waals surface area contributed by atoms with Crippen LogP contribution in [0.4, 0.5) is 0 Å². The third-order valence-corrected chi connectivity index (χ3v) is 4.38. The Kier molecular flexibility index (Phi) is 4.00. The summed E-state index contributed by atoms with van der Waals surface area (Å²) in [6.07, 6.45) is 0. The van der Waals surface area contributed by atoms with E-state index in [1.807, 2.05) is 29.2 Å². The van der Waals surface area contributed by atoms with Crippen molar-refractivity contribution in [3.63, 3.8) is 0 Å². The number of benzene rings is 1. The zero-order valence-corrected chi connectivity index (χ0v) is 10.9. The van der Waals surface area contributed by atoms with E-state index < -0.39 is 0 Å². The summed E-state index contributed by atoms with van der Waals surface area (Å²) in [7, 11) is 0. The number of hydrogen-bond acceptors (Lipinski definition) is 2. The summed E-state index contributed by atoms with van der Waals surface area (Å²) in [6, 6.07) is 7.98. The summed E-state index contributed by atoms with van der Waals surface area (Å²) in [5.74, 6) is 1.45. The van der Waals surface area contributed by atoms with Crippen LogP contribution in [-0.4, -0.2) is 27.7 Å². The van der Waals surface area contributed by atoms with Gasteiger partial charge in [0.1, 0.15) is 0 Å². The number of amidine groups is 1. The van der Waals surface area contributed by atoms with Crippen molar-refractivity contribution in [3.8, 4) is 0 Å². The van der Waals surface area contributed by atoms with E-state index in [0.29, 0.717) is 17.6 Å². The Hall–Kier alpha value is -0.380. The van der Waals surface area contributed by atoms with Gasteiger partial charge in [0.05, 0.1) is 6.04 Å². The van der Waals surface area contributed by atoms with Crippen molar-refractivity contribution in [1.82, 2.24) is 4.90 Å². The van der Waals surface area contributed by atoms with Gasteiger partial charge in [-0.05, 0) is 11.6 Å². The van der Waals surface area contributed by atoms with Gasteiger partial charge in [0.2, 0.25) is 0 Å². The zero-order chi connectivity index (χ0) is 11.5. The lowest BCUT2D eigenvalue weighted by atomic mass is 10.2. The molecule has 0 aromatic heterocycles. The van der Waals surface area contributed by atoms with E-state index in [-0.39, 0.29) is 6.04 Å². The predicted molar refractivity (Wildman–Crippen MR) is 71.7 cm³/mol. The van der Waals surface area contributed by atoms with Crippen molar-refractivity contribution in [1.29, 1.82) is 5.41 Å². The first-order valence-corrected chi connectivity index (χ1v) is 6.89. The second-order valence-electron chi connectivity index (χ2n) is 3.64. The normalized spacial score (nSPS) is 20.5. The lowest BCUT2D eigenvalue weighted by Gasteiger charge is -2.24. The van der Waals surface area contributed by atoms with Crippen molar-refractivity contribution in [3.05, 3.63) is 34.9 Å². The minimum atomic E-state index is 0.246. The molecule has 1 unspecified atom stereocenters. The molecule has 1 N–H and O–H groups in total. The molecule has 0 aliphatic carbocycles. The fourth-order valence-electron chi connectivity index (χ4n) is 1.65. The number of alkyl halides is 1. The molecule has 1 aliphatic rings. The maximum atomic E-state index is 7.85. The number of thioether (sulfide) groups is 1. The lowest BCUT2D eigenvalue weighted by Crippen LogP contribution is -2.34. The first kappa shape index (κ1) is 12.1. The molecule has 0 bridgehead atoms. The SMILES string of the molecule is N=C1SCC(CCl)N1Cc1ccccc1Cl. The summed E-state index contributed by atoms with van der Waals surface area (Å²) in [5, 5.41) is 9.19. The number of rotatable bonds is 3. The van der Waals surface area contributed by atoms with Crippen LogP contribution < -0.4 is 0 Å². The van der Waals surface area contributed by atoms with Gasteiger partial charge < -0.3 is 4.90 Å². The third kappa shape index (κ3) is 2.47. The van der Waals surface area contributed by atoms with Crippen LogP contribution in [0.1, 0.15) is 5.56 Å². The van der Waals surface area contributed by atoms with Crippen molar-refractivity contribution in [2.75, 3.05) is 11.6 Å². The van der Waals surface area contributed by atoms with Crippen molar-refractivity contribution >= 4 is 40.1 Å². The van der Waals surface area contributed by atoms with Crippen LogP contribution in [-0.2, 0) is 6.54 Å². The van der Waals surface area contributed by atoms with Gasteiger partial charge in [0, 0.05) is 23.2 Å². The Morgan fingerprint density at radius 2 is 2.19 bits per heavy atom. The van der Waals surface area contributed by atoms with Crippen molar-refractivity contribution in [2.45, 2.75) is 12.6 Å². The molecule has 1 aromatic carbocycles. The second-order valence-corrected chi connectivity index (χ2v) is 5.37. The molecule has 1 aliphatic heterocycles. The highest BCUT2D eigenvalue weighted by atomic mass is 35.5. The Morgan fingerprint density at radius 1 is 1.44 bits per heavy atom. The predicted octanol–water partition coefficient (Wildman–Crippen LogP) is 3.43. The van der Waals surface area contributed by atoms with Crippen molar-refractivity contribution in [2.24, 2.45) is 0 Å². The summed E-state index contributed by atoms with van der Waals surface area (Å²) in [4.78, 5) is 2.01. The molecule has 0 spiro atoms. The molecule has 1 fully saturated rings. The Labute approximate surface area is 109 Å². The summed E-state index contributed by atoms with van der Waals surface area (Å²) >= 11 is 13.5. The highest BCUT2D eigenvalue weighted by molar-refractivity contribution is 8.14. The molecule has 2 nitrogen and oxygen atoms in total. The summed E-state index contributed by atoms with van der Waals surface area (Å²) in [6.45, 7) is 0.670. The van der Waals surface area contributed by atoms with Crippen LogP contribution >= 0.6 is 35.0 Å². The minimum absolute atomic E-state index is 0.246. The first-order valence-electron chi connectivity index (χ1n) is 4.99. The van der Waals surface area contributed by atoms with Gasteiger partial charge in [-0.15, -0.1) is 11.6 Å². The van der Waals surface area contributed by atoms with E-state index in [1.165, 1.54) is 0 Å². The molecule has 5 heteroatoms. The second kappa shape index (κ2) is 5.30. The van der Waals surface area contributed by atoms with E-state index in [0.717, 1.165) is 16.3 Å². The molecule has 2 rings (SSSR count). The van der Waals surface area contributed by atoms with Crippen LogP contribution in [0.2, 0.25) is 5.02 Å². The van der Waals surface area contributed by atoms with E-state index in [9.17, 15) is 0 Å². The Balaban J connectivity index is 2.14. The standard InChI is InChI=1S/C11H12Cl2N2S/c12-5-9-7-16-11(14)15(9)6-8-3-1-2-4-10(8)13/h1-4,9,14H,5-7H2. The largest absolute Gasteiger partial charge is 0.342 e. The molecule has 16 heavy (non-hydrogen) atoms. The van der Waals surface area contributed by atoms with Gasteiger partial charge in [-0.25, -0.2) is 0 Å². The van der Waals surface area contributed by atoms with Crippen molar-refractivity contribution < 1.29 is 0 Å². The number of nitrogens with one attached hydrogen (secondary N) is 1. The van der Waals surface area contributed by atoms with E-state index in [4.69, 9.17) is 28.6 Å². The number of nitrogens with zero attached hydrogens (tertiary/aromatic N) is 1. The molecule has 0 radical (unpaired) electrons. The molecule has 1 aromatic rings. The molecule has 1 saturated heterocycles. The average molecular weight is 275 g/mol. The summed E-state index contributed by atoms with van der Waals surface area (Å²) < 4.78 is 0. The van der Waals surface area contributed by atoms with Crippen LogP contribution in [0.3, 0.4) is 0 Å². The van der Waals surface area contributed by atoms with Gasteiger partial charge in [-0.1, -0.05) is 41.6 Å². The van der Waals surface area contributed by atoms with Gasteiger partial charge in [-0.3, -0.25) is 5.41 Å². The molecular weight excluding hydrogens is 263 g/mol. The monoisotopic (exact) mass is 274 g/mol. The Morgan fingerprint density at radius 3 is 2.88 bits per heavy atom. The topological polar surface area (TPSA) is 27.1 Å². The maximum Gasteiger partial charge on any atom is 0.157 e. The smallest absolute Gasteiger partial charge is 0.157 e. The molecule has 1 atom stereocenters. The average Bonchev–Trinajstić information content (AvgIpc) is 2.63. The fraction of sp³-hybridized carbons (Fsp3) is 0.364.